The molecule has 1 N–H and O–H groups in total. The van der Waals surface area contributed by atoms with Crippen molar-refractivity contribution in [3.63, 3.8) is 0 Å². The number of carbonyl (C=O) groups is 1. The number of rotatable bonds is 7. The Balaban J connectivity index is 1.30. The summed E-state index contributed by atoms with van der Waals surface area (Å²) in [4.78, 5) is 18.0. The number of hydrogen-bond acceptors (Lipinski definition) is 7. The number of thiazole rings is 1. The molecule has 0 saturated carbocycles. The molecule has 0 unspecified atom stereocenters. The third-order valence-electron chi connectivity index (χ3n) is 4.61. The van der Waals surface area contributed by atoms with E-state index in [2.05, 4.69) is 20.5 Å². The second-order valence-electron chi connectivity index (χ2n) is 6.84. The highest BCUT2D eigenvalue weighted by molar-refractivity contribution is 7.99. The highest BCUT2D eigenvalue weighted by atomic mass is 32.2. The summed E-state index contributed by atoms with van der Waals surface area (Å²) in [6, 6.07) is 19.9. The van der Waals surface area contributed by atoms with Crippen molar-refractivity contribution in [3.05, 3.63) is 83.3 Å². The van der Waals surface area contributed by atoms with Crippen molar-refractivity contribution in [1.29, 1.82) is 0 Å². The number of thioether (sulfide) groups is 1. The van der Waals surface area contributed by atoms with E-state index in [0.29, 0.717) is 16.0 Å². The zero-order valence-electron chi connectivity index (χ0n) is 17.0. The molecular formula is C23H16FN5OS3. The fourth-order valence-electron chi connectivity index (χ4n) is 3.11. The van der Waals surface area contributed by atoms with Crippen molar-refractivity contribution in [3.8, 4) is 27.6 Å². The number of nitrogens with zero attached hydrogens (tertiary/aromatic N) is 4. The second-order valence-corrected chi connectivity index (χ2v) is 9.58. The van der Waals surface area contributed by atoms with Crippen LogP contribution in [0.5, 0.6) is 0 Å². The van der Waals surface area contributed by atoms with Crippen LogP contribution in [-0.4, -0.2) is 31.4 Å². The van der Waals surface area contributed by atoms with E-state index in [0.717, 1.165) is 22.0 Å². The van der Waals surface area contributed by atoms with Crippen LogP contribution < -0.4 is 5.32 Å². The minimum atomic E-state index is -0.301. The van der Waals surface area contributed by atoms with Crippen LogP contribution in [0.4, 0.5) is 9.52 Å². The van der Waals surface area contributed by atoms with Crippen LogP contribution in [0.3, 0.4) is 0 Å². The Hall–Kier alpha value is -3.34. The monoisotopic (exact) mass is 493 g/mol. The highest BCUT2D eigenvalue weighted by Crippen LogP contribution is 2.31. The minimum absolute atomic E-state index is 0.154. The van der Waals surface area contributed by atoms with Crippen LogP contribution in [0.2, 0.25) is 0 Å². The average Bonchev–Trinajstić information content (AvgIpc) is 3.59. The van der Waals surface area contributed by atoms with E-state index in [1.165, 1.54) is 35.2 Å². The van der Waals surface area contributed by atoms with Gasteiger partial charge in [0.25, 0.3) is 0 Å². The smallest absolute Gasteiger partial charge is 0.236 e. The molecule has 3 heterocycles. The second kappa shape index (κ2) is 9.65. The number of para-hydroxylation sites is 1. The van der Waals surface area contributed by atoms with E-state index < -0.39 is 0 Å². The highest BCUT2D eigenvalue weighted by Gasteiger charge is 2.18. The number of amides is 1. The largest absolute Gasteiger partial charge is 0.301 e. The maximum absolute atomic E-state index is 13.1. The molecule has 0 fully saturated rings. The van der Waals surface area contributed by atoms with Gasteiger partial charge in [-0.05, 0) is 47.8 Å². The average molecular weight is 494 g/mol. The van der Waals surface area contributed by atoms with Crippen LogP contribution in [0.1, 0.15) is 0 Å². The molecular weight excluding hydrogens is 477 g/mol. The Morgan fingerprint density at radius 3 is 2.58 bits per heavy atom. The summed E-state index contributed by atoms with van der Waals surface area (Å²) in [6.45, 7) is 0. The number of halogens is 1. The van der Waals surface area contributed by atoms with Crippen LogP contribution in [0.15, 0.2) is 82.6 Å². The Bertz CT molecular complexity index is 1370. The minimum Gasteiger partial charge on any atom is -0.301 e. The number of aromatic nitrogens is 4. The molecule has 0 radical (unpaired) electrons. The predicted molar refractivity (Wildman–Crippen MR) is 132 cm³/mol. The van der Waals surface area contributed by atoms with Gasteiger partial charge < -0.3 is 5.32 Å². The van der Waals surface area contributed by atoms with Gasteiger partial charge >= 0.3 is 0 Å². The molecule has 0 aliphatic heterocycles. The van der Waals surface area contributed by atoms with Gasteiger partial charge in [0.2, 0.25) is 5.91 Å². The van der Waals surface area contributed by atoms with Gasteiger partial charge in [-0.15, -0.1) is 32.9 Å². The Kier molecular flexibility index (Phi) is 6.29. The topological polar surface area (TPSA) is 72.7 Å². The van der Waals surface area contributed by atoms with Crippen molar-refractivity contribution < 1.29 is 9.18 Å². The summed E-state index contributed by atoms with van der Waals surface area (Å²) in [6.07, 6.45) is 0. The predicted octanol–water partition coefficient (Wildman–Crippen LogP) is 5.99. The first kappa shape index (κ1) is 21.5. The van der Waals surface area contributed by atoms with Gasteiger partial charge in [0.1, 0.15) is 5.82 Å². The molecule has 10 heteroatoms. The van der Waals surface area contributed by atoms with Gasteiger partial charge in [0, 0.05) is 16.6 Å². The van der Waals surface area contributed by atoms with Crippen LogP contribution in [0.25, 0.3) is 27.6 Å². The van der Waals surface area contributed by atoms with E-state index in [9.17, 15) is 9.18 Å². The van der Waals surface area contributed by atoms with E-state index >= 15 is 0 Å². The Morgan fingerprint density at radius 1 is 1.00 bits per heavy atom. The van der Waals surface area contributed by atoms with Gasteiger partial charge in [-0.2, -0.15) is 0 Å². The SMILES string of the molecule is O=C(CSc1nnc(-c2cccs2)n1-c1ccccc1)Nc1nc(-c2ccc(F)cc2)cs1. The molecule has 164 valence electrons. The molecule has 5 rings (SSSR count). The van der Waals surface area contributed by atoms with Gasteiger partial charge in [-0.3, -0.25) is 9.36 Å². The van der Waals surface area contributed by atoms with Gasteiger partial charge in [-0.25, -0.2) is 9.37 Å². The zero-order chi connectivity index (χ0) is 22.6. The van der Waals surface area contributed by atoms with Crippen LogP contribution in [-0.2, 0) is 4.79 Å². The molecule has 0 spiro atoms. The molecule has 3 aromatic heterocycles. The van der Waals surface area contributed by atoms with Gasteiger partial charge in [0.05, 0.1) is 16.3 Å². The summed E-state index contributed by atoms with van der Waals surface area (Å²) in [5, 5.41) is 16.5. The molecule has 0 aliphatic carbocycles. The fraction of sp³-hybridized carbons (Fsp3) is 0.0435. The molecule has 0 bridgehead atoms. The normalized spacial score (nSPS) is 10.9. The van der Waals surface area contributed by atoms with Crippen molar-refractivity contribution in [2.24, 2.45) is 0 Å². The summed E-state index contributed by atoms with van der Waals surface area (Å²) >= 11 is 4.22. The van der Waals surface area contributed by atoms with Crippen LogP contribution >= 0.6 is 34.4 Å². The molecule has 0 atom stereocenters. The van der Waals surface area contributed by atoms with Crippen molar-refractivity contribution in [2.75, 3.05) is 11.1 Å². The summed E-state index contributed by atoms with van der Waals surface area (Å²) in [5.74, 6) is 0.398. The molecule has 0 aliphatic rings. The number of hydrogen-bond donors (Lipinski definition) is 1. The summed E-state index contributed by atoms with van der Waals surface area (Å²) in [5.41, 5.74) is 2.41. The standard InChI is InChI=1S/C23H16FN5OS3/c24-16-10-8-15(9-11-16)18-13-32-22(25-18)26-20(30)14-33-23-28-27-21(19-7-4-12-31-19)29(23)17-5-2-1-3-6-17/h1-13H,14H2,(H,25,26,30). The molecule has 5 aromatic rings. The summed E-state index contributed by atoms with van der Waals surface area (Å²) < 4.78 is 15.1. The molecule has 6 nitrogen and oxygen atoms in total. The lowest BCUT2D eigenvalue weighted by Crippen LogP contribution is -2.14. The lowest BCUT2D eigenvalue weighted by Gasteiger charge is -2.09. The van der Waals surface area contributed by atoms with Crippen molar-refractivity contribution in [1.82, 2.24) is 19.7 Å². The maximum Gasteiger partial charge on any atom is 0.236 e. The van der Waals surface area contributed by atoms with Crippen molar-refractivity contribution in [2.45, 2.75) is 5.16 Å². The number of carbonyl (C=O) groups excluding carboxylic acids is 1. The van der Waals surface area contributed by atoms with Crippen LogP contribution in [0, 0.1) is 5.82 Å². The number of thiophene rings is 1. The Morgan fingerprint density at radius 2 is 1.82 bits per heavy atom. The molecule has 33 heavy (non-hydrogen) atoms. The zero-order valence-corrected chi connectivity index (χ0v) is 19.5. The van der Waals surface area contributed by atoms with E-state index in [1.807, 2.05) is 57.8 Å². The Labute approximate surface area is 201 Å². The molecule has 0 saturated heterocycles. The first-order chi connectivity index (χ1) is 16.2. The third kappa shape index (κ3) is 4.87. The van der Waals surface area contributed by atoms with E-state index in [4.69, 9.17) is 0 Å². The van der Waals surface area contributed by atoms with Crippen molar-refractivity contribution >= 4 is 45.5 Å². The van der Waals surface area contributed by atoms with E-state index in [-0.39, 0.29) is 17.5 Å². The quantitative estimate of drug-likeness (QED) is 0.282. The lowest BCUT2D eigenvalue weighted by molar-refractivity contribution is -0.113. The molecule has 1 amide bonds. The number of benzene rings is 2. The maximum atomic E-state index is 13.1. The van der Waals surface area contributed by atoms with E-state index in [1.54, 1.807) is 23.5 Å². The number of nitrogens with one attached hydrogen (secondary N) is 1. The first-order valence-electron chi connectivity index (χ1n) is 9.86. The van der Waals surface area contributed by atoms with Gasteiger partial charge in [-0.1, -0.05) is 36.0 Å². The van der Waals surface area contributed by atoms with Gasteiger partial charge in [0.15, 0.2) is 16.1 Å². The first-order valence-corrected chi connectivity index (χ1v) is 12.6. The number of anilines is 1. The lowest BCUT2D eigenvalue weighted by atomic mass is 10.2. The molecule has 2 aromatic carbocycles. The fourth-order valence-corrected chi connectivity index (χ4v) is 5.29. The third-order valence-corrected chi connectivity index (χ3v) is 7.16. The summed E-state index contributed by atoms with van der Waals surface area (Å²) in [7, 11) is 0.